The largest absolute Gasteiger partial charge is 0.451 e. The van der Waals surface area contributed by atoms with Gasteiger partial charge in [0.25, 0.3) is 5.91 Å². The van der Waals surface area contributed by atoms with Gasteiger partial charge in [0, 0.05) is 11.4 Å². The van der Waals surface area contributed by atoms with Crippen LogP contribution in [0.1, 0.15) is 43.6 Å². The number of H-pyrrole nitrogens is 1. The number of ether oxygens (including phenoxy) is 1. The number of aromatic nitrogens is 2. The van der Waals surface area contributed by atoms with Gasteiger partial charge in [0.1, 0.15) is 0 Å². The Hall–Kier alpha value is -2.37. The lowest BCUT2D eigenvalue weighted by molar-refractivity contribution is -0.125. The second-order valence-electron chi connectivity index (χ2n) is 6.64. The molecule has 2 N–H and O–H groups in total. The minimum absolute atomic E-state index is 0.158. The van der Waals surface area contributed by atoms with Crippen molar-refractivity contribution in [1.82, 2.24) is 15.5 Å². The van der Waals surface area contributed by atoms with Crippen molar-refractivity contribution >= 4 is 22.8 Å². The van der Waals surface area contributed by atoms with E-state index in [9.17, 15) is 9.59 Å². The first-order valence-electron chi connectivity index (χ1n) is 8.46. The molecule has 1 saturated carbocycles. The summed E-state index contributed by atoms with van der Waals surface area (Å²) in [6, 6.07) is 7.46. The molecule has 1 amide bonds. The number of fused-ring (bicyclic) bond motifs is 1. The number of carbonyl (C=O) groups is 2. The Balaban J connectivity index is 1.55. The molecule has 6 nitrogen and oxygen atoms in total. The van der Waals surface area contributed by atoms with Gasteiger partial charge in [-0.05, 0) is 24.3 Å². The zero-order valence-electron chi connectivity index (χ0n) is 14.0. The Kier molecular flexibility index (Phi) is 4.83. The molecule has 1 fully saturated rings. The summed E-state index contributed by atoms with van der Waals surface area (Å²) < 4.78 is 5.13. The summed E-state index contributed by atoms with van der Waals surface area (Å²) >= 11 is 0. The molecule has 1 aromatic heterocycles. The normalized spacial score (nSPS) is 23.8. The third kappa shape index (κ3) is 3.42. The van der Waals surface area contributed by atoms with Gasteiger partial charge >= 0.3 is 5.97 Å². The Morgan fingerprint density at radius 2 is 2.08 bits per heavy atom. The minimum atomic E-state index is -0.590. The molecule has 0 radical (unpaired) electrons. The molecule has 0 saturated heterocycles. The summed E-state index contributed by atoms with van der Waals surface area (Å²) in [6.45, 7) is 4.10. The van der Waals surface area contributed by atoms with E-state index in [1.54, 1.807) is 6.07 Å². The molecule has 0 aliphatic heterocycles. The summed E-state index contributed by atoms with van der Waals surface area (Å²) in [7, 11) is 0. The van der Waals surface area contributed by atoms with Crippen molar-refractivity contribution in [2.75, 3.05) is 6.61 Å². The monoisotopic (exact) mass is 329 g/mol. The minimum Gasteiger partial charge on any atom is -0.451 e. The van der Waals surface area contributed by atoms with Crippen LogP contribution >= 0.6 is 0 Å². The first-order valence-corrected chi connectivity index (χ1v) is 8.46. The van der Waals surface area contributed by atoms with Crippen LogP contribution in [-0.4, -0.2) is 34.7 Å². The molecule has 2 aromatic rings. The van der Waals surface area contributed by atoms with Crippen molar-refractivity contribution in [2.24, 2.45) is 11.8 Å². The molecule has 0 bridgehead atoms. The number of rotatable bonds is 4. The lowest BCUT2D eigenvalue weighted by Gasteiger charge is -2.34. The van der Waals surface area contributed by atoms with Gasteiger partial charge in [0.15, 0.2) is 12.3 Å². The summed E-state index contributed by atoms with van der Waals surface area (Å²) in [5.41, 5.74) is 0.969. The predicted molar refractivity (Wildman–Crippen MR) is 90.5 cm³/mol. The average molecular weight is 329 g/mol. The van der Waals surface area contributed by atoms with E-state index < -0.39 is 5.97 Å². The lowest BCUT2D eigenvalue weighted by atomic mass is 9.78. The highest BCUT2D eigenvalue weighted by atomic mass is 16.5. The summed E-state index contributed by atoms with van der Waals surface area (Å²) in [4.78, 5) is 24.2. The van der Waals surface area contributed by atoms with Gasteiger partial charge in [-0.15, -0.1) is 0 Å². The second kappa shape index (κ2) is 7.03. The third-order valence-electron chi connectivity index (χ3n) is 5.05. The zero-order chi connectivity index (χ0) is 17.1. The van der Waals surface area contributed by atoms with Crippen molar-refractivity contribution in [3.8, 4) is 0 Å². The zero-order valence-corrected chi connectivity index (χ0v) is 14.0. The number of esters is 1. The Morgan fingerprint density at radius 3 is 2.92 bits per heavy atom. The molecular weight excluding hydrogens is 306 g/mol. The Morgan fingerprint density at radius 1 is 1.29 bits per heavy atom. The molecule has 0 unspecified atom stereocenters. The van der Waals surface area contributed by atoms with Crippen LogP contribution in [0.4, 0.5) is 0 Å². The van der Waals surface area contributed by atoms with E-state index in [2.05, 4.69) is 29.4 Å². The Bertz CT molecular complexity index is 740. The lowest BCUT2D eigenvalue weighted by Crippen LogP contribution is -2.45. The van der Waals surface area contributed by atoms with E-state index in [1.807, 2.05) is 18.2 Å². The maximum absolute atomic E-state index is 12.1. The fourth-order valence-electron chi connectivity index (χ4n) is 3.35. The molecule has 1 heterocycles. The van der Waals surface area contributed by atoms with Gasteiger partial charge in [-0.2, -0.15) is 5.10 Å². The van der Waals surface area contributed by atoms with Crippen molar-refractivity contribution in [1.29, 1.82) is 0 Å². The molecule has 3 atom stereocenters. The summed E-state index contributed by atoms with van der Waals surface area (Å²) in [5, 5.41) is 10.4. The van der Waals surface area contributed by atoms with Crippen LogP contribution in [0, 0.1) is 11.8 Å². The molecular formula is C18H23N3O3. The van der Waals surface area contributed by atoms with Crippen molar-refractivity contribution < 1.29 is 14.3 Å². The van der Waals surface area contributed by atoms with Crippen LogP contribution in [0.15, 0.2) is 24.3 Å². The van der Waals surface area contributed by atoms with E-state index in [0.29, 0.717) is 17.2 Å². The van der Waals surface area contributed by atoms with E-state index in [0.717, 1.165) is 18.4 Å². The van der Waals surface area contributed by atoms with E-state index in [-0.39, 0.29) is 24.2 Å². The van der Waals surface area contributed by atoms with E-state index >= 15 is 0 Å². The van der Waals surface area contributed by atoms with Gasteiger partial charge in [0.2, 0.25) is 0 Å². The highest BCUT2D eigenvalue weighted by Crippen LogP contribution is 2.29. The molecule has 24 heavy (non-hydrogen) atoms. The second-order valence-corrected chi connectivity index (χ2v) is 6.64. The maximum atomic E-state index is 12.1. The predicted octanol–water partition coefficient (Wildman–Crippen LogP) is 2.66. The van der Waals surface area contributed by atoms with Crippen molar-refractivity contribution in [3.05, 3.63) is 30.0 Å². The topological polar surface area (TPSA) is 84.1 Å². The number of benzene rings is 1. The molecule has 3 rings (SSSR count). The summed E-state index contributed by atoms with van der Waals surface area (Å²) in [5.74, 6) is 0.192. The highest BCUT2D eigenvalue weighted by Gasteiger charge is 2.28. The van der Waals surface area contributed by atoms with Gasteiger partial charge < -0.3 is 10.1 Å². The van der Waals surface area contributed by atoms with Crippen molar-refractivity contribution in [2.45, 2.75) is 39.2 Å². The molecule has 1 aliphatic rings. The number of nitrogens with one attached hydrogen (secondary N) is 2. The fraction of sp³-hybridized carbons (Fsp3) is 0.500. The van der Waals surface area contributed by atoms with Gasteiger partial charge in [0.05, 0.1) is 5.52 Å². The van der Waals surface area contributed by atoms with Crippen LogP contribution in [-0.2, 0) is 9.53 Å². The number of hydrogen-bond donors (Lipinski definition) is 2. The number of hydrogen-bond acceptors (Lipinski definition) is 4. The molecule has 128 valence electrons. The quantitative estimate of drug-likeness (QED) is 0.845. The number of para-hydroxylation sites is 1. The van der Waals surface area contributed by atoms with Gasteiger partial charge in [-0.1, -0.05) is 44.9 Å². The maximum Gasteiger partial charge on any atom is 0.359 e. The third-order valence-corrected chi connectivity index (χ3v) is 5.05. The highest BCUT2D eigenvalue weighted by molar-refractivity contribution is 6.02. The molecule has 1 aliphatic carbocycles. The Labute approximate surface area is 141 Å². The first-order chi connectivity index (χ1) is 11.6. The van der Waals surface area contributed by atoms with E-state index in [4.69, 9.17) is 4.74 Å². The van der Waals surface area contributed by atoms with Crippen molar-refractivity contribution in [3.63, 3.8) is 0 Å². The van der Waals surface area contributed by atoms with Gasteiger partial charge in [-0.25, -0.2) is 4.79 Å². The van der Waals surface area contributed by atoms with Crippen LogP contribution < -0.4 is 5.32 Å². The first kappa shape index (κ1) is 16.5. The van der Waals surface area contributed by atoms with Crippen LogP contribution in [0.25, 0.3) is 10.9 Å². The summed E-state index contributed by atoms with van der Waals surface area (Å²) in [6.07, 6.45) is 3.31. The number of aromatic amines is 1. The fourth-order valence-corrected chi connectivity index (χ4v) is 3.35. The number of amides is 1. The van der Waals surface area contributed by atoms with Crippen LogP contribution in [0.5, 0.6) is 0 Å². The molecule has 1 aromatic carbocycles. The number of carbonyl (C=O) groups excluding carboxylic acids is 2. The molecule has 6 heteroatoms. The smallest absolute Gasteiger partial charge is 0.359 e. The van der Waals surface area contributed by atoms with Crippen LogP contribution in [0.3, 0.4) is 0 Å². The van der Waals surface area contributed by atoms with Gasteiger partial charge in [-0.3, -0.25) is 9.89 Å². The average Bonchev–Trinajstić information content (AvgIpc) is 3.01. The molecule has 0 spiro atoms. The standard InChI is InChI=1S/C18H23N3O3/c1-11-6-5-9-14(12(11)2)19-16(22)10-24-18(23)17-13-7-3-4-8-15(13)20-21-17/h3-4,7-8,11-12,14H,5-6,9-10H2,1-2H3,(H,19,22)(H,20,21)/t11-,12+,14-/m0/s1. The SMILES string of the molecule is C[C@H]1[C@@H](NC(=O)COC(=O)c2n[nH]c3ccccc23)CCC[C@@H]1C. The number of nitrogens with zero attached hydrogens (tertiary/aromatic N) is 1. The van der Waals surface area contributed by atoms with E-state index in [1.165, 1.54) is 6.42 Å². The van der Waals surface area contributed by atoms with Crippen LogP contribution in [0.2, 0.25) is 0 Å².